The van der Waals surface area contributed by atoms with Crippen molar-refractivity contribution in [3.8, 4) is 0 Å². The largest absolute Gasteiger partial charge is 0.310 e. The molecule has 19 heavy (non-hydrogen) atoms. The lowest BCUT2D eigenvalue weighted by atomic mass is 10.1. The molecule has 2 rings (SSSR count). The van der Waals surface area contributed by atoms with Crippen molar-refractivity contribution in [2.24, 2.45) is 0 Å². The van der Waals surface area contributed by atoms with Gasteiger partial charge in [-0.15, -0.1) is 0 Å². The number of rotatable bonds is 3. The van der Waals surface area contributed by atoms with E-state index in [-0.39, 0.29) is 18.1 Å². The molecule has 0 saturated carbocycles. The normalized spacial score (nSPS) is 10.3. The number of amides is 1. The van der Waals surface area contributed by atoms with Crippen LogP contribution in [0.3, 0.4) is 0 Å². The van der Waals surface area contributed by atoms with E-state index < -0.39 is 0 Å². The first-order valence-corrected chi connectivity index (χ1v) is 6.51. The first kappa shape index (κ1) is 13.7. The summed E-state index contributed by atoms with van der Waals surface area (Å²) in [5, 5.41) is 2.71. The lowest BCUT2D eigenvalue weighted by Crippen LogP contribution is -2.15. The molecule has 0 aliphatic heterocycles. The second kappa shape index (κ2) is 5.93. The minimum Gasteiger partial charge on any atom is -0.310 e. The number of carbonyl (C=O) groups excluding carboxylic acids is 1. The molecule has 0 spiro atoms. The topological polar surface area (TPSA) is 42.0 Å². The van der Waals surface area contributed by atoms with Gasteiger partial charge in [0.25, 0.3) is 0 Å². The average Bonchev–Trinajstić information content (AvgIpc) is 2.34. The van der Waals surface area contributed by atoms with Crippen LogP contribution < -0.4 is 5.32 Å². The van der Waals surface area contributed by atoms with Gasteiger partial charge in [0.05, 0.1) is 10.9 Å². The molecule has 98 valence electrons. The van der Waals surface area contributed by atoms with E-state index in [1.807, 2.05) is 19.1 Å². The highest BCUT2D eigenvalue weighted by Crippen LogP contribution is 2.17. The molecule has 1 heterocycles. The SMILES string of the molecule is Cc1cccc(NC(=O)Cc2ccc(F)c(Br)c2)n1. The summed E-state index contributed by atoms with van der Waals surface area (Å²) in [5.74, 6) is -0.00713. The Morgan fingerprint density at radius 3 is 2.84 bits per heavy atom. The van der Waals surface area contributed by atoms with Crippen LogP contribution >= 0.6 is 15.9 Å². The average molecular weight is 323 g/mol. The molecule has 0 radical (unpaired) electrons. The van der Waals surface area contributed by atoms with Gasteiger partial charge in [-0.2, -0.15) is 0 Å². The van der Waals surface area contributed by atoms with E-state index >= 15 is 0 Å². The molecule has 0 aliphatic carbocycles. The summed E-state index contributed by atoms with van der Waals surface area (Å²) in [7, 11) is 0. The number of anilines is 1. The van der Waals surface area contributed by atoms with Gasteiger partial charge in [0.2, 0.25) is 5.91 Å². The van der Waals surface area contributed by atoms with Crippen molar-refractivity contribution in [2.75, 3.05) is 5.32 Å². The Bertz CT molecular complexity index is 616. The van der Waals surface area contributed by atoms with Crippen molar-refractivity contribution in [2.45, 2.75) is 13.3 Å². The molecular weight excluding hydrogens is 311 g/mol. The van der Waals surface area contributed by atoms with Gasteiger partial charge in [0.1, 0.15) is 11.6 Å². The first-order chi connectivity index (χ1) is 9.04. The second-order valence-electron chi connectivity index (χ2n) is 4.14. The van der Waals surface area contributed by atoms with Crippen molar-refractivity contribution >= 4 is 27.7 Å². The van der Waals surface area contributed by atoms with Crippen LogP contribution in [0.1, 0.15) is 11.3 Å². The van der Waals surface area contributed by atoms with Crippen molar-refractivity contribution in [1.82, 2.24) is 4.98 Å². The van der Waals surface area contributed by atoms with Crippen LogP contribution in [0, 0.1) is 12.7 Å². The Morgan fingerprint density at radius 2 is 2.16 bits per heavy atom. The number of hydrogen-bond donors (Lipinski definition) is 1. The smallest absolute Gasteiger partial charge is 0.229 e. The van der Waals surface area contributed by atoms with E-state index in [0.717, 1.165) is 11.3 Å². The highest BCUT2D eigenvalue weighted by molar-refractivity contribution is 9.10. The zero-order valence-electron chi connectivity index (χ0n) is 10.3. The third-order valence-electron chi connectivity index (χ3n) is 2.50. The standard InChI is InChI=1S/C14H12BrFN2O/c1-9-3-2-4-13(17-9)18-14(19)8-10-5-6-12(16)11(15)7-10/h2-7H,8H2,1H3,(H,17,18,19). The maximum atomic E-state index is 13.1. The fourth-order valence-electron chi connectivity index (χ4n) is 1.63. The summed E-state index contributed by atoms with van der Waals surface area (Å²) in [6.45, 7) is 1.85. The molecule has 0 fully saturated rings. The van der Waals surface area contributed by atoms with Gasteiger partial charge in [0.15, 0.2) is 0 Å². The van der Waals surface area contributed by atoms with E-state index in [0.29, 0.717) is 10.3 Å². The molecule has 1 aromatic heterocycles. The number of nitrogens with zero attached hydrogens (tertiary/aromatic N) is 1. The lowest BCUT2D eigenvalue weighted by Gasteiger charge is -2.06. The van der Waals surface area contributed by atoms with Crippen LogP contribution in [0.2, 0.25) is 0 Å². The van der Waals surface area contributed by atoms with E-state index in [1.54, 1.807) is 18.2 Å². The summed E-state index contributed by atoms with van der Waals surface area (Å²) >= 11 is 3.09. The molecule has 0 saturated heterocycles. The number of pyridine rings is 1. The Kier molecular flexibility index (Phi) is 4.27. The molecule has 1 amide bonds. The van der Waals surface area contributed by atoms with Crippen molar-refractivity contribution in [1.29, 1.82) is 0 Å². The summed E-state index contributed by atoms with van der Waals surface area (Å²) in [6, 6.07) is 9.92. The number of hydrogen-bond acceptors (Lipinski definition) is 2. The quantitative estimate of drug-likeness (QED) is 0.940. The van der Waals surface area contributed by atoms with E-state index in [1.165, 1.54) is 6.07 Å². The van der Waals surface area contributed by atoms with Crippen molar-refractivity contribution < 1.29 is 9.18 Å². The highest BCUT2D eigenvalue weighted by atomic mass is 79.9. The fraction of sp³-hybridized carbons (Fsp3) is 0.143. The van der Waals surface area contributed by atoms with Crippen molar-refractivity contribution in [3.63, 3.8) is 0 Å². The monoisotopic (exact) mass is 322 g/mol. The third kappa shape index (κ3) is 3.86. The molecule has 1 N–H and O–H groups in total. The van der Waals surface area contributed by atoms with E-state index in [2.05, 4.69) is 26.2 Å². The minimum absolute atomic E-state index is 0.175. The van der Waals surface area contributed by atoms with Crippen molar-refractivity contribution in [3.05, 3.63) is 57.9 Å². The zero-order chi connectivity index (χ0) is 13.8. The van der Waals surface area contributed by atoms with Crippen LogP contribution in [0.5, 0.6) is 0 Å². The zero-order valence-corrected chi connectivity index (χ0v) is 11.9. The number of benzene rings is 1. The number of nitrogens with one attached hydrogen (secondary N) is 1. The van der Waals surface area contributed by atoms with Gasteiger partial charge in [-0.1, -0.05) is 12.1 Å². The molecule has 5 heteroatoms. The van der Waals surface area contributed by atoms with Gasteiger partial charge in [-0.25, -0.2) is 9.37 Å². The van der Waals surface area contributed by atoms with Crippen LogP contribution in [-0.2, 0) is 11.2 Å². The predicted molar refractivity (Wildman–Crippen MR) is 75.4 cm³/mol. The van der Waals surface area contributed by atoms with Gasteiger partial charge in [0, 0.05) is 5.69 Å². The van der Waals surface area contributed by atoms with Gasteiger partial charge >= 0.3 is 0 Å². The maximum absolute atomic E-state index is 13.1. The van der Waals surface area contributed by atoms with E-state index in [9.17, 15) is 9.18 Å². The summed E-state index contributed by atoms with van der Waals surface area (Å²) < 4.78 is 13.4. The Labute approximate surface area is 119 Å². The van der Waals surface area contributed by atoms with E-state index in [4.69, 9.17) is 0 Å². The van der Waals surface area contributed by atoms with Crippen LogP contribution in [0.4, 0.5) is 10.2 Å². The number of halogens is 2. The van der Waals surface area contributed by atoms with Gasteiger partial charge in [-0.3, -0.25) is 4.79 Å². The molecule has 3 nitrogen and oxygen atoms in total. The molecule has 0 atom stereocenters. The number of aromatic nitrogens is 1. The Balaban J connectivity index is 2.03. The second-order valence-corrected chi connectivity index (χ2v) is 4.99. The summed E-state index contributed by atoms with van der Waals surface area (Å²) in [4.78, 5) is 16.0. The molecule has 0 bridgehead atoms. The van der Waals surface area contributed by atoms with Crippen LogP contribution in [0.15, 0.2) is 40.9 Å². The molecule has 0 aliphatic rings. The number of carbonyl (C=O) groups is 1. The molecular formula is C14H12BrFN2O. The van der Waals surface area contributed by atoms with Crippen LogP contribution in [-0.4, -0.2) is 10.9 Å². The Morgan fingerprint density at radius 1 is 1.37 bits per heavy atom. The first-order valence-electron chi connectivity index (χ1n) is 5.72. The number of aryl methyl sites for hydroxylation is 1. The lowest BCUT2D eigenvalue weighted by molar-refractivity contribution is -0.115. The summed E-state index contributed by atoms with van der Waals surface area (Å²) in [6.07, 6.45) is 0.175. The van der Waals surface area contributed by atoms with Crippen LogP contribution in [0.25, 0.3) is 0 Å². The molecule has 1 aromatic carbocycles. The van der Waals surface area contributed by atoms with Gasteiger partial charge in [-0.05, 0) is 52.7 Å². The predicted octanol–water partition coefficient (Wildman–Crippen LogP) is 3.47. The maximum Gasteiger partial charge on any atom is 0.229 e. The fourth-order valence-corrected chi connectivity index (χ4v) is 2.06. The highest BCUT2D eigenvalue weighted by Gasteiger charge is 2.07. The molecule has 0 unspecified atom stereocenters. The summed E-state index contributed by atoms with van der Waals surface area (Å²) in [5.41, 5.74) is 1.57. The third-order valence-corrected chi connectivity index (χ3v) is 3.11. The van der Waals surface area contributed by atoms with Gasteiger partial charge < -0.3 is 5.32 Å². The minimum atomic E-state index is -0.343. The molecule has 2 aromatic rings. The Hall–Kier alpha value is -1.75.